The topological polar surface area (TPSA) is 75.7 Å². The zero-order valence-corrected chi connectivity index (χ0v) is 22.0. The highest BCUT2D eigenvalue weighted by Gasteiger charge is 2.32. The van der Waals surface area contributed by atoms with Gasteiger partial charge in [-0.15, -0.1) is 0 Å². The number of sulfonamides is 1. The molecule has 0 radical (unpaired) electrons. The summed E-state index contributed by atoms with van der Waals surface area (Å²) in [6, 6.07) is 11.6. The third-order valence-corrected chi connectivity index (χ3v) is 8.60. The van der Waals surface area contributed by atoms with Crippen LogP contribution in [-0.4, -0.2) is 38.8 Å². The standard InChI is InChI=1S/C27H38N2O4S/c1-18(2)24-16-25(20(4)15-26(24)33-6)21(5)28-27(30)23-11-13-29(14-12-23)34(31,32)17-22-9-7-19(3)8-10-22/h7-10,15-16,18,21,23H,11-14,17H2,1-6H3,(H,28,30). The lowest BCUT2D eigenvalue weighted by atomic mass is 9.92. The van der Waals surface area contributed by atoms with E-state index >= 15 is 0 Å². The van der Waals surface area contributed by atoms with Crippen LogP contribution in [0.1, 0.15) is 73.4 Å². The second-order valence-corrected chi connectivity index (χ2v) is 11.7. The Bertz CT molecular complexity index is 1100. The smallest absolute Gasteiger partial charge is 0.223 e. The van der Waals surface area contributed by atoms with Gasteiger partial charge in [-0.25, -0.2) is 12.7 Å². The first-order valence-electron chi connectivity index (χ1n) is 12.0. The van der Waals surface area contributed by atoms with Crippen molar-refractivity contribution in [2.45, 2.75) is 65.2 Å². The predicted octanol–water partition coefficient (Wildman–Crippen LogP) is 4.85. The fourth-order valence-electron chi connectivity index (χ4n) is 4.60. The minimum absolute atomic E-state index is 0.00386. The number of carbonyl (C=O) groups excluding carboxylic acids is 1. The van der Waals surface area contributed by atoms with Gasteiger partial charge in [0, 0.05) is 19.0 Å². The summed E-state index contributed by atoms with van der Waals surface area (Å²) in [5.74, 6) is 0.981. The van der Waals surface area contributed by atoms with Crippen molar-refractivity contribution < 1.29 is 17.9 Å². The number of nitrogens with zero attached hydrogens (tertiary/aromatic N) is 1. The summed E-state index contributed by atoms with van der Waals surface area (Å²) in [6.45, 7) is 11.0. The van der Waals surface area contributed by atoms with Gasteiger partial charge in [0.15, 0.2) is 0 Å². The molecule has 1 unspecified atom stereocenters. The molecule has 1 aliphatic rings. The van der Waals surface area contributed by atoms with Crippen LogP contribution in [0, 0.1) is 19.8 Å². The molecule has 0 aromatic heterocycles. The molecule has 0 bridgehead atoms. The van der Waals surface area contributed by atoms with Gasteiger partial charge in [0.1, 0.15) is 5.75 Å². The molecule has 0 aliphatic carbocycles. The molecule has 0 spiro atoms. The first-order valence-corrected chi connectivity index (χ1v) is 13.6. The third-order valence-electron chi connectivity index (χ3n) is 6.75. The van der Waals surface area contributed by atoms with E-state index in [1.807, 2.05) is 51.1 Å². The van der Waals surface area contributed by atoms with E-state index in [2.05, 4.69) is 25.2 Å². The number of piperidine rings is 1. The first-order chi connectivity index (χ1) is 16.0. The summed E-state index contributed by atoms with van der Waals surface area (Å²) in [5, 5.41) is 3.16. The monoisotopic (exact) mass is 486 g/mol. The Morgan fingerprint density at radius 2 is 1.68 bits per heavy atom. The molecule has 0 saturated carbocycles. The van der Waals surface area contributed by atoms with Gasteiger partial charge in [-0.2, -0.15) is 0 Å². The molecule has 1 heterocycles. The molecule has 3 rings (SSSR count). The molecule has 2 aromatic rings. The van der Waals surface area contributed by atoms with Crippen molar-refractivity contribution in [2.24, 2.45) is 5.92 Å². The third kappa shape index (κ3) is 6.19. The average molecular weight is 487 g/mol. The van der Waals surface area contributed by atoms with E-state index in [4.69, 9.17) is 4.74 Å². The highest BCUT2D eigenvalue weighted by Crippen LogP contribution is 2.32. The van der Waals surface area contributed by atoms with Gasteiger partial charge in [-0.05, 0) is 73.9 Å². The normalized spacial score (nSPS) is 16.4. The van der Waals surface area contributed by atoms with Crippen LogP contribution >= 0.6 is 0 Å². The molecule has 34 heavy (non-hydrogen) atoms. The molecule has 7 heteroatoms. The molecule has 1 N–H and O–H groups in total. The molecule has 1 atom stereocenters. The van der Waals surface area contributed by atoms with Gasteiger partial charge in [0.25, 0.3) is 0 Å². The van der Waals surface area contributed by atoms with Gasteiger partial charge in [-0.3, -0.25) is 4.79 Å². The Hall–Kier alpha value is -2.38. The predicted molar refractivity (Wildman–Crippen MR) is 136 cm³/mol. The summed E-state index contributed by atoms with van der Waals surface area (Å²) in [5.41, 5.74) is 5.17. The van der Waals surface area contributed by atoms with E-state index in [9.17, 15) is 13.2 Å². The number of hydrogen-bond acceptors (Lipinski definition) is 4. The zero-order chi connectivity index (χ0) is 25.0. The van der Waals surface area contributed by atoms with Crippen LogP contribution in [0.25, 0.3) is 0 Å². The maximum Gasteiger partial charge on any atom is 0.223 e. The Morgan fingerprint density at radius 3 is 2.24 bits per heavy atom. The fourth-order valence-corrected chi connectivity index (χ4v) is 6.17. The van der Waals surface area contributed by atoms with Gasteiger partial charge in [0.2, 0.25) is 15.9 Å². The number of aryl methyl sites for hydroxylation is 2. The second kappa shape index (κ2) is 10.9. The lowest BCUT2D eigenvalue weighted by molar-refractivity contribution is -0.126. The molecule has 2 aromatic carbocycles. The van der Waals surface area contributed by atoms with Crippen molar-refractivity contribution in [3.8, 4) is 5.75 Å². The van der Waals surface area contributed by atoms with E-state index in [-0.39, 0.29) is 23.6 Å². The highest BCUT2D eigenvalue weighted by molar-refractivity contribution is 7.88. The van der Waals surface area contributed by atoms with Crippen molar-refractivity contribution in [3.63, 3.8) is 0 Å². The van der Waals surface area contributed by atoms with E-state index in [0.717, 1.165) is 33.6 Å². The molecule has 1 aliphatic heterocycles. The van der Waals surface area contributed by atoms with E-state index in [1.54, 1.807) is 7.11 Å². The molecule has 186 valence electrons. The van der Waals surface area contributed by atoms with Crippen LogP contribution in [0.4, 0.5) is 0 Å². The minimum atomic E-state index is -3.40. The maximum atomic E-state index is 13.0. The molecular weight excluding hydrogens is 448 g/mol. The van der Waals surface area contributed by atoms with Gasteiger partial charge < -0.3 is 10.1 Å². The van der Waals surface area contributed by atoms with E-state index in [0.29, 0.717) is 31.8 Å². The highest BCUT2D eigenvalue weighted by atomic mass is 32.2. The van der Waals surface area contributed by atoms with Gasteiger partial charge in [-0.1, -0.05) is 43.7 Å². The fraction of sp³-hybridized carbons (Fsp3) is 0.519. The Morgan fingerprint density at radius 1 is 1.06 bits per heavy atom. The number of benzene rings is 2. The summed E-state index contributed by atoms with van der Waals surface area (Å²) in [7, 11) is -1.72. The number of nitrogens with one attached hydrogen (secondary N) is 1. The summed E-state index contributed by atoms with van der Waals surface area (Å²) in [6.07, 6.45) is 1.06. The van der Waals surface area contributed by atoms with E-state index in [1.165, 1.54) is 4.31 Å². The Kier molecular flexibility index (Phi) is 8.42. The number of rotatable bonds is 8. The van der Waals surface area contributed by atoms with Gasteiger partial charge in [0.05, 0.1) is 18.9 Å². The van der Waals surface area contributed by atoms with Crippen molar-refractivity contribution in [2.75, 3.05) is 20.2 Å². The van der Waals surface area contributed by atoms with Gasteiger partial charge >= 0.3 is 0 Å². The average Bonchev–Trinajstić information content (AvgIpc) is 2.79. The first kappa shape index (κ1) is 26.2. The molecule has 6 nitrogen and oxygen atoms in total. The van der Waals surface area contributed by atoms with Crippen molar-refractivity contribution >= 4 is 15.9 Å². The molecule has 1 amide bonds. The SMILES string of the molecule is COc1cc(C)c(C(C)NC(=O)C2CCN(S(=O)(=O)Cc3ccc(C)cc3)CC2)cc1C(C)C. The number of hydrogen-bond donors (Lipinski definition) is 1. The number of carbonyl (C=O) groups is 1. The number of methoxy groups -OCH3 is 1. The summed E-state index contributed by atoms with van der Waals surface area (Å²) < 4.78 is 32.8. The van der Waals surface area contributed by atoms with Crippen molar-refractivity contribution in [1.29, 1.82) is 0 Å². The van der Waals surface area contributed by atoms with Crippen LogP contribution < -0.4 is 10.1 Å². The lowest BCUT2D eigenvalue weighted by Crippen LogP contribution is -2.43. The zero-order valence-electron chi connectivity index (χ0n) is 21.2. The number of amides is 1. The van der Waals surface area contributed by atoms with Crippen LogP contribution in [0.5, 0.6) is 5.75 Å². The quantitative estimate of drug-likeness (QED) is 0.578. The summed E-state index contributed by atoms with van der Waals surface area (Å²) >= 11 is 0. The summed E-state index contributed by atoms with van der Waals surface area (Å²) in [4.78, 5) is 13.0. The van der Waals surface area contributed by atoms with E-state index < -0.39 is 10.0 Å². The Balaban J connectivity index is 1.60. The van der Waals surface area contributed by atoms with Crippen molar-refractivity contribution in [1.82, 2.24) is 9.62 Å². The number of ether oxygens (including phenoxy) is 1. The largest absolute Gasteiger partial charge is 0.496 e. The van der Waals surface area contributed by atoms with Crippen LogP contribution in [0.3, 0.4) is 0 Å². The Labute approximate surface area is 204 Å². The van der Waals surface area contributed by atoms with Crippen molar-refractivity contribution in [3.05, 3.63) is 64.2 Å². The minimum Gasteiger partial charge on any atom is -0.496 e. The molecule has 1 fully saturated rings. The van der Waals surface area contributed by atoms with Crippen LogP contribution in [0.15, 0.2) is 36.4 Å². The molecule has 1 saturated heterocycles. The molecular formula is C27H38N2O4S. The maximum absolute atomic E-state index is 13.0. The lowest BCUT2D eigenvalue weighted by Gasteiger charge is -2.31. The van der Waals surface area contributed by atoms with Crippen LogP contribution in [0.2, 0.25) is 0 Å². The van der Waals surface area contributed by atoms with Crippen LogP contribution in [-0.2, 0) is 20.6 Å². The second-order valence-electron chi connectivity index (χ2n) is 9.75.